The summed E-state index contributed by atoms with van der Waals surface area (Å²) in [4.78, 5) is 3.04. The average Bonchev–Trinajstić information content (AvgIpc) is 1.76. The van der Waals surface area contributed by atoms with Crippen molar-refractivity contribution in [1.82, 2.24) is 0 Å². The maximum absolute atomic E-state index is 3.04. The maximum atomic E-state index is 3.04. The Balaban J connectivity index is 2.32. The molecule has 0 saturated heterocycles. The van der Waals surface area contributed by atoms with E-state index < -0.39 is 0 Å². The first-order chi connectivity index (χ1) is 2.50. The fourth-order valence-corrected chi connectivity index (χ4v) is 0.417. The zero-order valence-corrected chi connectivity index (χ0v) is 3.07. The van der Waals surface area contributed by atoms with Crippen LogP contribution < -0.4 is 4.99 Å². The van der Waals surface area contributed by atoms with Gasteiger partial charge in [-0.25, -0.2) is 4.99 Å². The van der Waals surface area contributed by atoms with Gasteiger partial charge in [0.15, 0.2) is 19.4 Å². The molecule has 0 amide bonds. The molecule has 1 heteroatoms. The Kier molecular flexibility index (Phi) is 0.612. The summed E-state index contributed by atoms with van der Waals surface area (Å²) in [6.07, 6.45) is 5.32. The summed E-state index contributed by atoms with van der Waals surface area (Å²) in [6, 6.07) is 0. The van der Waals surface area contributed by atoms with Gasteiger partial charge in [-0.3, -0.25) is 0 Å². The highest BCUT2D eigenvalue weighted by Crippen LogP contribution is 1.75. The molecule has 1 N–H and O–H groups in total. The molecule has 0 fully saturated rings. The van der Waals surface area contributed by atoms with Crippen molar-refractivity contribution in [1.29, 1.82) is 0 Å². The molecule has 0 spiro atoms. The van der Waals surface area contributed by atoms with Crippen LogP contribution in [-0.2, 0) is 0 Å². The highest BCUT2D eigenvalue weighted by Gasteiger charge is 2.04. The Morgan fingerprint density at radius 2 is 2.80 bits per heavy atom. The molecule has 0 aromatic carbocycles. The van der Waals surface area contributed by atoms with Gasteiger partial charge in [0.25, 0.3) is 0 Å². The summed E-state index contributed by atoms with van der Waals surface area (Å²) in [6.45, 7) is 1.14. The molecule has 1 aliphatic rings. The van der Waals surface area contributed by atoms with Crippen molar-refractivity contribution < 1.29 is 4.99 Å². The number of hydrogen-bond acceptors (Lipinski definition) is 0. The smallest absolute Gasteiger partial charge is 0.208 e. The summed E-state index contributed by atoms with van der Waals surface area (Å²) < 4.78 is 0. The third-order valence-electron chi connectivity index (χ3n) is 0.691. The second kappa shape index (κ2) is 1.11. The van der Waals surface area contributed by atoms with Crippen LogP contribution in [0.15, 0.2) is 0 Å². The van der Waals surface area contributed by atoms with E-state index in [1.165, 1.54) is 6.42 Å². The van der Waals surface area contributed by atoms with Gasteiger partial charge < -0.3 is 0 Å². The van der Waals surface area contributed by atoms with Gasteiger partial charge in [0.1, 0.15) is 0 Å². The minimum Gasteiger partial charge on any atom is -0.208 e. The molecule has 0 atom stereocenters. The fourth-order valence-electron chi connectivity index (χ4n) is 0.417. The van der Waals surface area contributed by atoms with E-state index in [0.717, 1.165) is 6.54 Å². The number of rotatable bonds is 0. The molecule has 1 aliphatic heterocycles. The van der Waals surface area contributed by atoms with E-state index in [9.17, 15) is 0 Å². The fraction of sp³-hybridized carbons (Fsp3) is 0.500. The second-order valence-corrected chi connectivity index (χ2v) is 1.15. The Hall–Kier alpha value is -0.460. The lowest BCUT2D eigenvalue weighted by Crippen LogP contribution is -2.65. The summed E-state index contributed by atoms with van der Waals surface area (Å²) in [5.74, 6) is 0. The van der Waals surface area contributed by atoms with Gasteiger partial charge in [0, 0.05) is 0 Å². The van der Waals surface area contributed by atoms with E-state index in [2.05, 4.69) is 11.4 Å². The van der Waals surface area contributed by atoms with Crippen LogP contribution in [0.4, 0.5) is 0 Å². The molecule has 26 valence electrons. The van der Waals surface area contributed by atoms with E-state index >= 15 is 0 Å². The van der Waals surface area contributed by atoms with Crippen molar-refractivity contribution in [3.05, 3.63) is 6.42 Å². The first kappa shape index (κ1) is 2.76. The Bertz CT molecular complexity index is 41.6. The van der Waals surface area contributed by atoms with Crippen LogP contribution in [0.2, 0.25) is 0 Å². The zero-order chi connectivity index (χ0) is 3.54. The standard InChI is InChI=1S/C4H6N/c1-2-4-5-3-1/h1,3H,2,4H2/q+1/p+1. The normalized spacial score (nSPS) is 19.2. The molecule has 0 bridgehead atoms. The molecular weight excluding hydrogens is 62.1 g/mol. The Labute approximate surface area is 31.7 Å². The molecular formula is C4H7N+2. The van der Waals surface area contributed by atoms with Crippen molar-refractivity contribution in [2.75, 3.05) is 6.54 Å². The molecule has 5 heavy (non-hydrogen) atoms. The molecule has 1 rings (SSSR count). The van der Waals surface area contributed by atoms with Gasteiger partial charge in [-0.15, -0.1) is 0 Å². The van der Waals surface area contributed by atoms with Gasteiger partial charge in [-0.2, -0.15) is 0 Å². The zero-order valence-electron chi connectivity index (χ0n) is 3.07. The van der Waals surface area contributed by atoms with E-state index in [0.29, 0.717) is 0 Å². The highest BCUT2D eigenvalue weighted by atomic mass is 14.7. The predicted octanol–water partition coefficient (Wildman–Crippen LogP) is -1.25. The molecule has 0 aromatic rings. The lowest BCUT2D eigenvalue weighted by atomic mass is 10.4. The van der Waals surface area contributed by atoms with Crippen molar-refractivity contribution in [2.24, 2.45) is 0 Å². The largest absolute Gasteiger partial charge is 0.315 e. The van der Waals surface area contributed by atoms with Crippen LogP contribution in [0.25, 0.3) is 0 Å². The van der Waals surface area contributed by atoms with Gasteiger partial charge >= 0.3 is 6.21 Å². The van der Waals surface area contributed by atoms with Gasteiger partial charge in [0.2, 0.25) is 0 Å². The van der Waals surface area contributed by atoms with E-state index in [-0.39, 0.29) is 0 Å². The lowest BCUT2D eigenvalue weighted by Gasteiger charge is -1.51. The monoisotopic (exact) mass is 69.1 g/mol. The van der Waals surface area contributed by atoms with Gasteiger partial charge in [-0.05, 0) is 0 Å². The van der Waals surface area contributed by atoms with Gasteiger partial charge in [0.05, 0.1) is 0 Å². The van der Waals surface area contributed by atoms with E-state index in [4.69, 9.17) is 0 Å². The van der Waals surface area contributed by atoms with Crippen molar-refractivity contribution in [3.8, 4) is 0 Å². The third kappa shape index (κ3) is 0.407. The summed E-state index contributed by atoms with van der Waals surface area (Å²) >= 11 is 0. The molecule has 1 nitrogen and oxygen atoms in total. The van der Waals surface area contributed by atoms with Crippen molar-refractivity contribution in [3.63, 3.8) is 0 Å². The van der Waals surface area contributed by atoms with Gasteiger partial charge in [-0.1, -0.05) is 0 Å². The van der Waals surface area contributed by atoms with Crippen LogP contribution >= 0.6 is 0 Å². The Morgan fingerprint density at radius 1 is 1.80 bits per heavy atom. The van der Waals surface area contributed by atoms with Crippen molar-refractivity contribution in [2.45, 2.75) is 6.42 Å². The quantitative estimate of drug-likeness (QED) is 0.341. The second-order valence-electron chi connectivity index (χ2n) is 1.15. The average molecular weight is 69.1 g/mol. The molecule has 0 aliphatic carbocycles. The SMILES string of the molecule is C1=[NH+]CC[CH+]1. The topological polar surface area (TPSA) is 14.0 Å². The van der Waals surface area contributed by atoms with Crippen LogP contribution in [0.3, 0.4) is 0 Å². The lowest BCUT2D eigenvalue weighted by molar-refractivity contribution is -0.442. The predicted molar refractivity (Wildman–Crippen MR) is 20.8 cm³/mol. The van der Waals surface area contributed by atoms with Crippen LogP contribution in [0.1, 0.15) is 6.42 Å². The van der Waals surface area contributed by atoms with Crippen LogP contribution in [0, 0.1) is 6.42 Å². The first-order valence-corrected chi connectivity index (χ1v) is 1.88. The third-order valence-corrected chi connectivity index (χ3v) is 0.691. The molecule has 0 aromatic heterocycles. The number of hydrogen-bond donors (Lipinski definition) is 1. The summed E-state index contributed by atoms with van der Waals surface area (Å²) in [5.41, 5.74) is 0. The summed E-state index contributed by atoms with van der Waals surface area (Å²) in [7, 11) is 0. The minimum absolute atomic E-state index is 1.14. The van der Waals surface area contributed by atoms with E-state index in [1.807, 2.05) is 6.21 Å². The molecule has 0 unspecified atom stereocenters. The van der Waals surface area contributed by atoms with Crippen LogP contribution in [-0.4, -0.2) is 12.8 Å². The summed E-state index contributed by atoms with van der Waals surface area (Å²) in [5, 5.41) is 0. The maximum Gasteiger partial charge on any atom is 0.315 e. The minimum atomic E-state index is 1.14. The Morgan fingerprint density at radius 3 is 3.00 bits per heavy atom. The molecule has 0 saturated carbocycles. The molecule has 0 radical (unpaired) electrons. The first-order valence-electron chi connectivity index (χ1n) is 1.88. The highest BCUT2D eigenvalue weighted by molar-refractivity contribution is 5.62. The van der Waals surface area contributed by atoms with Crippen molar-refractivity contribution >= 4 is 6.21 Å². The van der Waals surface area contributed by atoms with Crippen LogP contribution in [0.5, 0.6) is 0 Å². The number of nitrogens with one attached hydrogen (secondary N) is 1. The van der Waals surface area contributed by atoms with E-state index in [1.54, 1.807) is 0 Å². The molecule has 1 heterocycles.